The van der Waals surface area contributed by atoms with Crippen LogP contribution < -0.4 is 4.74 Å². The number of para-hydroxylation sites is 1. The number of hydrogen-bond donors (Lipinski definition) is 0. The van der Waals surface area contributed by atoms with Crippen molar-refractivity contribution < 1.29 is 9.53 Å². The number of aromatic nitrogens is 1. The summed E-state index contributed by atoms with van der Waals surface area (Å²) in [6, 6.07) is 9.80. The van der Waals surface area contributed by atoms with Gasteiger partial charge in [0.05, 0.1) is 6.61 Å². The quantitative estimate of drug-likeness (QED) is 0.730. The second-order valence-corrected chi connectivity index (χ2v) is 4.18. The average Bonchev–Trinajstić information content (AvgIpc) is 2.43. The van der Waals surface area contributed by atoms with Crippen molar-refractivity contribution in [2.75, 3.05) is 6.61 Å². The SMILES string of the molecule is CCC(=O)CCCOc1cccc2cccnc12. The topological polar surface area (TPSA) is 39.2 Å². The Hall–Kier alpha value is -1.90. The van der Waals surface area contributed by atoms with E-state index in [1.807, 2.05) is 37.3 Å². The first-order chi connectivity index (χ1) is 8.81. The van der Waals surface area contributed by atoms with E-state index in [-0.39, 0.29) is 5.78 Å². The maximum absolute atomic E-state index is 11.2. The lowest BCUT2D eigenvalue weighted by molar-refractivity contribution is -0.118. The lowest BCUT2D eigenvalue weighted by Crippen LogP contribution is -2.02. The van der Waals surface area contributed by atoms with Crippen LogP contribution in [0.15, 0.2) is 36.5 Å². The Morgan fingerprint density at radius 1 is 1.28 bits per heavy atom. The van der Waals surface area contributed by atoms with Crippen molar-refractivity contribution in [2.24, 2.45) is 0 Å². The summed E-state index contributed by atoms with van der Waals surface area (Å²) in [5.41, 5.74) is 0.877. The third kappa shape index (κ3) is 3.06. The lowest BCUT2D eigenvalue weighted by atomic mass is 10.2. The van der Waals surface area contributed by atoms with Gasteiger partial charge in [0, 0.05) is 24.4 Å². The van der Waals surface area contributed by atoms with Gasteiger partial charge in [-0.2, -0.15) is 0 Å². The van der Waals surface area contributed by atoms with E-state index in [0.717, 1.165) is 23.1 Å². The Balaban J connectivity index is 1.97. The number of Topliss-reactive ketones (excluding diaryl/α,β-unsaturated/α-hetero) is 1. The molecule has 3 nitrogen and oxygen atoms in total. The zero-order valence-electron chi connectivity index (χ0n) is 10.6. The molecule has 1 aromatic heterocycles. The van der Waals surface area contributed by atoms with Crippen LogP contribution in [-0.4, -0.2) is 17.4 Å². The van der Waals surface area contributed by atoms with Gasteiger partial charge in [-0.15, -0.1) is 0 Å². The first-order valence-corrected chi connectivity index (χ1v) is 6.29. The fourth-order valence-corrected chi connectivity index (χ4v) is 1.82. The highest BCUT2D eigenvalue weighted by Gasteiger charge is 2.03. The number of fused-ring (bicyclic) bond motifs is 1. The van der Waals surface area contributed by atoms with Gasteiger partial charge >= 0.3 is 0 Å². The van der Waals surface area contributed by atoms with E-state index < -0.39 is 0 Å². The van der Waals surface area contributed by atoms with Crippen molar-refractivity contribution in [3.05, 3.63) is 36.5 Å². The molecule has 0 unspecified atom stereocenters. The summed E-state index contributed by atoms with van der Waals surface area (Å²) < 4.78 is 5.70. The third-order valence-corrected chi connectivity index (χ3v) is 2.85. The Morgan fingerprint density at radius 2 is 2.11 bits per heavy atom. The summed E-state index contributed by atoms with van der Waals surface area (Å²) in [7, 11) is 0. The van der Waals surface area contributed by atoms with Crippen molar-refractivity contribution in [2.45, 2.75) is 26.2 Å². The summed E-state index contributed by atoms with van der Waals surface area (Å²) in [5, 5.41) is 1.07. The minimum Gasteiger partial charge on any atom is -0.491 e. The number of pyridine rings is 1. The molecule has 0 N–H and O–H groups in total. The van der Waals surface area contributed by atoms with Crippen molar-refractivity contribution in [3.63, 3.8) is 0 Å². The zero-order valence-corrected chi connectivity index (χ0v) is 10.6. The third-order valence-electron chi connectivity index (χ3n) is 2.85. The van der Waals surface area contributed by atoms with Crippen molar-refractivity contribution >= 4 is 16.7 Å². The summed E-state index contributed by atoms with van der Waals surface area (Å²) in [6.45, 7) is 2.44. The van der Waals surface area contributed by atoms with Gasteiger partial charge in [0.1, 0.15) is 17.0 Å². The molecule has 1 heterocycles. The fourth-order valence-electron chi connectivity index (χ4n) is 1.82. The molecule has 94 valence electrons. The highest BCUT2D eigenvalue weighted by atomic mass is 16.5. The fraction of sp³-hybridized carbons (Fsp3) is 0.333. The second kappa shape index (κ2) is 6.15. The van der Waals surface area contributed by atoms with Gasteiger partial charge in [0.2, 0.25) is 0 Å². The highest BCUT2D eigenvalue weighted by Crippen LogP contribution is 2.22. The van der Waals surface area contributed by atoms with Crippen LogP contribution in [-0.2, 0) is 4.79 Å². The van der Waals surface area contributed by atoms with Crippen LogP contribution in [0, 0.1) is 0 Å². The maximum atomic E-state index is 11.2. The van der Waals surface area contributed by atoms with E-state index in [2.05, 4.69) is 4.98 Å². The maximum Gasteiger partial charge on any atom is 0.145 e. The molecule has 0 atom stereocenters. The highest BCUT2D eigenvalue weighted by molar-refractivity contribution is 5.84. The molecule has 0 saturated heterocycles. The Bertz CT molecular complexity index is 532. The lowest BCUT2D eigenvalue weighted by Gasteiger charge is -2.07. The Kier molecular flexibility index (Phi) is 4.29. The minimum absolute atomic E-state index is 0.287. The standard InChI is InChI=1S/C15H17NO2/c1-2-13(17)8-5-11-18-14-9-3-6-12-7-4-10-16-15(12)14/h3-4,6-7,9-10H,2,5,8,11H2,1H3. The molecule has 2 rings (SSSR count). The summed E-state index contributed by atoms with van der Waals surface area (Å²) >= 11 is 0. The normalized spacial score (nSPS) is 10.5. The van der Waals surface area contributed by atoms with Gasteiger partial charge in [0.25, 0.3) is 0 Å². The molecule has 0 spiro atoms. The largest absolute Gasteiger partial charge is 0.491 e. The zero-order chi connectivity index (χ0) is 12.8. The van der Waals surface area contributed by atoms with Crippen LogP contribution in [0.4, 0.5) is 0 Å². The van der Waals surface area contributed by atoms with E-state index >= 15 is 0 Å². The molecule has 0 aliphatic carbocycles. The van der Waals surface area contributed by atoms with Gasteiger partial charge in [-0.3, -0.25) is 9.78 Å². The molecule has 0 bridgehead atoms. The van der Waals surface area contributed by atoms with E-state index in [0.29, 0.717) is 19.4 Å². The molecule has 1 aromatic carbocycles. The number of rotatable bonds is 6. The molecule has 0 aliphatic rings. The van der Waals surface area contributed by atoms with Crippen LogP contribution in [0.1, 0.15) is 26.2 Å². The molecule has 0 saturated carbocycles. The van der Waals surface area contributed by atoms with Gasteiger partial charge < -0.3 is 4.74 Å². The molecule has 18 heavy (non-hydrogen) atoms. The number of ether oxygens (including phenoxy) is 1. The number of ketones is 1. The average molecular weight is 243 g/mol. The van der Waals surface area contributed by atoms with Crippen molar-refractivity contribution in [3.8, 4) is 5.75 Å². The number of hydrogen-bond acceptors (Lipinski definition) is 3. The van der Waals surface area contributed by atoms with Crippen molar-refractivity contribution in [1.29, 1.82) is 0 Å². The number of carbonyl (C=O) groups excluding carboxylic acids is 1. The van der Waals surface area contributed by atoms with Crippen LogP contribution >= 0.6 is 0 Å². The van der Waals surface area contributed by atoms with Gasteiger partial charge in [-0.1, -0.05) is 25.1 Å². The molecule has 0 radical (unpaired) electrons. The van der Waals surface area contributed by atoms with E-state index in [1.165, 1.54) is 0 Å². The predicted molar refractivity (Wildman–Crippen MR) is 71.8 cm³/mol. The van der Waals surface area contributed by atoms with Gasteiger partial charge in [0.15, 0.2) is 0 Å². The van der Waals surface area contributed by atoms with E-state index in [1.54, 1.807) is 6.20 Å². The molecule has 0 fully saturated rings. The molecule has 0 amide bonds. The smallest absolute Gasteiger partial charge is 0.145 e. The molecule has 2 aromatic rings. The first-order valence-electron chi connectivity index (χ1n) is 6.29. The monoisotopic (exact) mass is 243 g/mol. The van der Waals surface area contributed by atoms with E-state index in [4.69, 9.17) is 4.74 Å². The summed E-state index contributed by atoms with van der Waals surface area (Å²) in [6.07, 6.45) is 3.72. The molecular formula is C15H17NO2. The Morgan fingerprint density at radius 3 is 2.94 bits per heavy atom. The predicted octanol–water partition coefficient (Wildman–Crippen LogP) is 3.37. The van der Waals surface area contributed by atoms with E-state index in [9.17, 15) is 4.79 Å². The van der Waals surface area contributed by atoms with Crippen LogP contribution in [0.25, 0.3) is 10.9 Å². The molecule has 0 aliphatic heterocycles. The van der Waals surface area contributed by atoms with Crippen LogP contribution in [0.2, 0.25) is 0 Å². The number of carbonyl (C=O) groups is 1. The minimum atomic E-state index is 0.287. The second-order valence-electron chi connectivity index (χ2n) is 4.18. The van der Waals surface area contributed by atoms with Crippen LogP contribution in [0.3, 0.4) is 0 Å². The summed E-state index contributed by atoms with van der Waals surface area (Å²) in [4.78, 5) is 15.5. The number of benzene rings is 1. The van der Waals surface area contributed by atoms with Gasteiger partial charge in [-0.05, 0) is 18.6 Å². The van der Waals surface area contributed by atoms with Crippen LogP contribution in [0.5, 0.6) is 5.75 Å². The molecular weight excluding hydrogens is 226 g/mol. The number of nitrogens with zero attached hydrogens (tertiary/aromatic N) is 1. The van der Waals surface area contributed by atoms with Crippen molar-refractivity contribution in [1.82, 2.24) is 4.98 Å². The molecule has 3 heteroatoms. The first kappa shape index (κ1) is 12.6. The Labute approximate surface area is 107 Å². The van der Waals surface area contributed by atoms with Gasteiger partial charge in [-0.25, -0.2) is 0 Å². The summed E-state index contributed by atoms with van der Waals surface area (Å²) in [5.74, 6) is 1.08.